The second kappa shape index (κ2) is 6.85. The summed E-state index contributed by atoms with van der Waals surface area (Å²) in [6.07, 6.45) is 2.82. The molecule has 16 heavy (non-hydrogen) atoms. The Labute approximate surface area is 94.8 Å². The minimum atomic E-state index is 0.248. The Morgan fingerprint density at radius 1 is 1.38 bits per heavy atom. The molecule has 2 rings (SSSR count). The molecule has 0 amide bonds. The summed E-state index contributed by atoms with van der Waals surface area (Å²) in [5.41, 5.74) is 0.606. The first-order valence-corrected chi connectivity index (χ1v) is 5.27. The van der Waals surface area contributed by atoms with Crippen molar-refractivity contribution in [3.63, 3.8) is 0 Å². The van der Waals surface area contributed by atoms with Crippen LogP contribution in [0.3, 0.4) is 0 Å². The average Bonchev–Trinajstić information content (AvgIpc) is 2.77. The van der Waals surface area contributed by atoms with Gasteiger partial charge in [-0.15, -0.1) is 0 Å². The summed E-state index contributed by atoms with van der Waals surface area (Å²) >= 11 is 0. The van der Waals surface area contributed by atoms with Crippen LogP contribution in [0.1, 0.15) is 30.1 Å². The minimum absolute atomic E-state index is 0.248. The van der Waals surface area contributed by atoms with Gasteiger partial charge in [0.15, 0.2) is 11.5 Å². The van der Waals surface area contributed by atoms with Crippen molar-refractivity contribution in [2.24, 2.45) is 0 Å². The topological polar surface area (TPSA) is 55.8 Å². The van der Waals surface area contributed by atoms with Crippen LogP contribution in [0, 0.1) is 0 Å². The van der Waals surface area contributed by atoms with E-state index in [2.05, 4.69) is 6.92 Å². The number of benzene rings is 1. The SMILES string of the molecule is CCCCO.O=Cc1ccc2c(c1)OCO2. The summed E-state index contributed by atoms with van der Waals surface area (Å²) in [5, 5.41) is 8.07. The van der Waals surface area contributed by atoms with E-state index < -0.39 is 0 Å². The number of carbonyl (C=O) groups excluding carboxylic acids is 1. The maximum atomic E-state index is 10.3. The van der Waals surface area contributed by atoms with Crippen molar-refractivity contribution >= 4 is 6.29 Å². The number of aliphatic hydroxyl groups is 1. The lowest BCUT2D eigenvalue weighted by Gasteiger charge is -1.94. The fraction of sp³-hybridized carbons (Fsp3) is 0.417. The molecule has 1 aromatic rings. The first kappa shape index (κ1) is 12.5. The van der Waals surface area contributed by atoms with Crippen LogP contribution in [0.2, 0.25) is 0 Å². The van der Waals surface area contributed by atoms with Crippen LogP contribution in [-0.2, 0) is 0 Å². The van der Waals surface area contributed by atoms with Gasteiger partial charge in [0.25, 0.3) is 0 Å². The molecule has 0 atom stereocenters. The number of rotatable bonds is 3. The summed E-state index contributed by atoms with van der Waals surface area (Å²) in [6, 6.07) is 5.09. The molecular formula is C12H16O4. The molecule has 0 radical (unpaired) electrons. The van der Waals surface area contributed by atoms with Crippen LogP contribution in [0.4, 0.5) is 0 Å². The lowest BCUT2D eigenvalue weighted by molar-refractivity contribution is 0.112. The molecule has 1 aliphatic rings. The molecule has 1 heterocycles. The van der Waals surface area contributed by atoms with Crippen molar-refractivity contribution in [1.82, 2.24) is 0 Å². The van der Waals surface area contributed by atoms with Gasteiger partial charge < -0.3 is 14.6 Å². The van der Waals surface area contributed by atoms with Crippen LogP contribution < -0.4 is 9.47 Å². The maximum absolute atomic E-state index is 10.3. The molecule has 0 bridgehead atoms. The quantitative estimate of drug-likeness (QED) is 0.798. The summed E-state index contributed by atoms with van der Waals surface area (Å²) in [4.78, 5) is 10.3. The molecule has 1 N–H and O–H groups in total. The minimum Gasteiger partial charge on any atom is -0.454 e. The number of carbonyl (C=O) groups is 1. The predicted molar refractivity (Wildman–Crippen MR) is 59.9 cm³/mol. The molecule has 0 unspecified atom stereocenters. The zero-order chi connectivity index (χ0) is 11.8. The van der Waals surface area contributed by atoms with Gasteiger partial charge in [0.05, 0.1) is 0 Å². The van der Waals surface area contributed by atoms with E-state index in [4.69, 9.17) is 14.6 Å². The van der Waals surface area contributed by atoms with Gasteiger partial charge >= 0.3 is 0 Å². The highest BCUT2D eigenvalue weighted by molar-refractivity contribution is 5.76. The molecule has 0 spiro atoms. The van der Waals surface area contributed by atoms with Crippen LogP contribution in [0.25, 0.3) is 0 Å². The third-order valence-corrected chi connectivity index (χ3v) is 2.04. The molecule has 1 aliphatic heterocycles. The molecule has 4 nitrogen and oxygen atoms in total. The number of hydrogen-bond acceptors (Lipinski definition) is 4. The highest BCUT2D eigenvalue weighted by Gasteiger charge is 2.12. The number of hydrogen-bond donors (Lipinski definition) is 1. The van der Waals surface area contributed by atoms with E-state index in [-0.39, 0.29) is 6.79 Å². The van der Waals surface area contributed by atoms with Gasteiger partial charge in [0.1, 0.15) is 6.29 Å². The standard InChI is InChI=1S/C8H6O3.C4H10O/c9-4-6-1-2-7-8(3-6)11-5-10-7;1-2-3-4-5/h1-4H,5H2;5H,2-4H2,1H3. The molecule has 88 valence electrons. The number of aldehydes is 1. The molecule has 0 saturated heterocycles. The van der Waals surface area contributed by atoms with Crippen LogP contribution in [-0.4, -0.2) is 24.8 Å². The third-order valence-electron chi connectivity index (χ3n) is 2.04. The normalized spacial score (nSPS) is 11.6. The second-order valence-corrected chi connectivity index (χ2v) is 3.31. The molecule has 0 saturated carbocycles. The first-order chi connectivity index (χ1) is 7.81. The van der Waals surface area contributed by atoms with Crippen molar-refractivity contribution in [3.8, 4) is 11.5 Å². The molecule has 4 heteroatoms. The van der Waals surface area contributed by atoms with E-state index in [0.717, 1.165) is 19.1 Å². The third kappa shape index (κ3) is 3.55. The summed E-state index contributed by atoms with van der Waals surface area (Å²) < 4.78 is 10.1. The van der Waals surface area contributed by atoms with Crippen molar-refractivity contribution in [1.29, 1.82) is 0 Å². The van der Waals surface area contributed by atoms with Crippen molar-refractivity contribution in [2.75, 3.05) is 13.4 Å². The molecule has 1 aromatic carbocycles. The van der Waals surface area contributed by atoms with E-state index in [1.54, 1.807) is 18.2 Å². The number of aliphatic hydroxyl groups excluding tert-OH is 1. The van der Waals surface area contributed by atoms with E-state index in [1.807, 2.05) is 0 Å². The van der Waals surface area contributed by atoms with E-state index in [0.29, 0.717) is 23.7 Å². The zero-order valence-corrected chi connectivity index (χ0v) is 9.31. The van der Waals surface area contributed by atoms with Crippen LogP contribution in [0.5, 0.6) is 11.5 Å². The van der Waals surface area contributed by atoms with E-state index in [1.165, 1.54) is 0 Å². The highest BCUT2D eigenvalue weighted by Crippen LogP contribution is 2.31. The Balaban J connectivity index is 0.000000221. The van der Waals surface area contributed by atoms with Crippen LogP contribution in [0.15, 0.2) is 18.2 Å². The van der Waals surface area contributed by atoms with E-state index in [9.17, 15) is 4.79 Å². The van der Waals surface area contributed by atoms with Crippen LogP contribution >= 0.6 is 0 Å². The Morgan fingerprint density at radius 2 is 2.12 bits per heavy atom. The first-order valence-electron chi connectivity index (χ1n) is 5.27. The second-order valence-electron chi connectivity index (χ2n) is 3.31. The summed E-state index contributed by atoms with van der Waals surface area (Å²) in [7, 11) is 0. The monoisotopic (exact) mass is 224 g/mol. The molecule has 0 fully saturated rings. The lowest BCUT2D eigenvalue weighted by atomic mass is 10.2. The Hall–Kier alpha value is -1.55. The fourth-order valence-electron chi connectivity index (χ4n) is 1.14. The number of ether oxygens (including phenoxy) is 2. The van der Waals surface area contributed by atoms with Gasteiger partial charge in [-0.2, -0.15) is 0 Å². The predicted octanol–water partition coefficient (Wildman–Crippen LogP) is 2.01. The van der Waals surface area contributed by atoms with Gasteiger partial charge in [-0.1, -0.05) is 13.3 Å². The van der Waals surface area contributed by atoms with Crippen molar-refractivity contribution in [3.05, 3.63) is 23.8 Å². The zero-order valence-electron chi connectivity index (χ0n) is 9.31. The average molecular weight is 224 g/mol. The Bertz CT molecular complexity index is 334. The van der Waals surface area contributed by atoms with Gasteiger partial charge in [-0.3, -0.25) is 4.79 Å². The summed E-state index contributed by atoms with van der Waals surface area (Å²) in [5.74, 6) is 1.35. The molecular weight excluding hydrogens is 208 g/mol. The molecule has 0 aromatic heterocycles. The van der Waals surface area contributed by atoms with Gasteiger partial charge in [0, 0.05) is 12.2 Å². The van der Waals surface area contributed by atoms with Gasteiger partial charge in [-0.25, -0.2) is 0 Å². The van der Waals surface area contributed by atoms with Gasteiger partial charge in [-0.05, 0) is 24.6 Å². The lowest BCUT2D eigenvalue weighted by Crippen LogP contribution is -1.92. The molecule has 0 aliphatic carbocycles. The van der Waals surface area contributed by atoms with E-state index >= 15 is 0 Å². The number of unbranched alkanes of at least 4 members (excludes halogenated alkanes) is 1. The Morgan fingerprint density at radius 3 is 2.69 bits per heavy atom. The fourth-order valence-corrected chi connectivity index (χ4v) is 1.14. The Kier molecular flexibility index (Phi) is 5.36. The number of fused-ring (bicyclic) bond motifs is 1. The highest BCUT2D eigenvalue weighted by atomic mass is 16.7. The van der Waals surface area contributed by atoms with Crippen molar-refractivity contribution in [2.45, 2.75) is 19.8 Å². The largest absolute Gasteiger partial charge is 0.454 e. The smallest absolute Gasteiger partial charge is 0.231 e. The van der Waals surface area contributed by atoms with Gasteiger partial charge in [0.2, 0.25) is 6.79 Å². The maximum Gasteiger partial charge on any atom is 0.231 e. The summed E-state index contributed by atoms with van der Waals surface area (Å²) in [6.45, 7) is 2.64. The van der Waals surface area contributed by atoms with Crippen molar-refractivity contribution < 1.29 is 19.4 Å².